The third-order valence-electron chi connectivity index (χ3n) is 2.24. The van der Waals surface area contributed by atoms with Crippen molar-refractivity contribution in [3.05, 3.63) is 12.2 Å². The Kier molecular flexibility index (Phi) is 5.19. The second-order valence-corrected chi connectivity index (χ2v) is 3.64. The number of esters is 1. The van der Waals surface area contributed by atoms with Crippen LogP contribution in [0.2, 0.25) is 0 Å². The number of allylic oxidation sites excluding steroid dienone is 1. The summed E-state index contributed by atoms with van der Waals surface area (Å²) in [5, 5.41) is 2.65. The quantitative estimate of drug-likeness (QED) is 0.474. The molecule has 0 aromatic carbocycles. The molecule has 0 fully saturated rings. The van der Waals surface area contributed by atoms with E-state index < -0.39 is 0 Å². The number of likely N-dealkylation sites (N-methyl/N-ethyl adjacent to an activating group) is 1. The molecule has 17 heavy (non-hydrogen) atoms. The fraction of sp³-hybridized carbons (Fsp3) is 0.545. The van der Waals surface area contributed by atoms with Crippen molar-refractivity contribution in [1.29, 1.82) is 0 Å². The van der Waals surface area contributed by atoms with Gasteiger partial charge in [0, 0.05) is 20.5 Å². The Bertz CT molecular complexity index is 350. The van der Waals surface area contributed by atoms with Gasteiger partial charge < -0.3 is 9.64 Å². The van der Waals surface area contributed by atoms with E-state index in [1.54, 1.807) is 25.1 Å². The van der Waals surface area contributed by atoms with Crippen LogP contribution in [-0.4, -0.2) is 50.0 Å². The van der Waals surface area contributed by atoms with E-state index in [1.165, 1.54) is 0 Å². The molecule has 1 heterocycles. The molecule has 94 valence electrons. The van der Waals surface area contributed by atoms with Crippen molar-refractivity contribution < 1.29 is 14.3 Å². The first kappa shape index (κ1) is 13.2. The number of guanidine groups is 1. The normalized spacial score (nSPS) is 23.4. The third kappa shape index (κ3) is 4.67. The molecule has 0 atom stereocenters. The molecular formula is C11H17N3O3. The maximum Gasteiger partial charge on any atom is 0.325 e. The molecule has 0 bridgehead atoms. The zero-order chi connectivity index (χ0) is 12.7. The maximum atomic E-state index is 11.5. The van der Waals surface area contributed by atoms with Crippen molar-refractivity contribution in [2.24, 2.45) is 4.99 Å². The summed E-state index contributed by atoms with van der Waals surface area (Å²) in [6.07, 6.45) is 4.56. The van der Waals surface area contributed by atoms with Gasteiger partial charge in [-0.2, -0.15) is 0 Å². The molecule has 0 spiro atoms. The van der Waals surface area contributed by atoms with Gasteiger partial charge >= 0.3 is 5.97 Å². The predicted molar refractivity (Wildman–Crippen MR) is 63.5 cm³/mol. The Morgan fingerprint density at radius 2 is 2.18 bits per heavy atom. The van der Waals surface area contributed by atoms with Crippen LogP contribution in [0.15, 0.2) is 17.1 Å². The van der Waals surface area contributed by atoms with Crippen LogP contribution >= 0.6 is 0 Å². The minimum Gasteiger partial charge on any atom is -0.460 e. The van der Waals surface area contributed by atoms with E-state index in [0.717, 1.165) is 0 Å². The third-order valence-corrected chi connectivity index (χ3v) is 2.24. The predicted octanol–water partition coefficient (Wildman–Crippen LogP) is -0.0866. The molecular weight excluding hydrogens is 222 g/mol. The van der Waals surface area contributed by atoms with Gasteiger partial charge in [0.2, 0.25) is 11.9 Å². The van der Waals surface area contributed by atoms with Crippen LogP contribution in [0, 0.1) is 0 Å². The molecule has 1 aliphatic heterocycles. The van der Waals surface area contributed by atoms with Gasteiger partial charge in [-0.3, -0.25) is 19.9 Å². The summed E-state index contributed by atoms with van der Waals surface area (Å²) < 4.78 is 4.97. The largest absolute Gasteiger partial charge is 0.460 e. The minimum atomic E-state index is -0.354. The topological polar surface area (TPSA) is 71.0 Å². The van der Waals surface area contributed by atoms with Crippen molar-refractivity contribution in [3.63, 3.8) is 0 Å². The van der Waals surface area contributed by atoms with Crippen LogP contribution in [0.1, 0.15) is 12.8 Å². The number of aliphatic imine (C=N–C) groups is 1. The van der Waals surface area contributed by atoms with Gasteiger partial charge in [0.1, 0.15) is 13.2 Å². The Morgan fingerprint density at radius 1 is 1.41 bits per heavy atom. The number of carbonyl (C=O) groups is 2. The SMILES string of the molecule is C/N=C1/NC(=O)CC/C=C\COC(=O)CN1C. The molecule has 1 aliphatic rings. The zero-order valence-electron chi connectivity index (χ0n) is 10.1. The second kappa shape index (κ2) is 6.67. The second-order valence-electron chi connectivity index (χ2n) is 3.64. The highest BCUT2D eigenvalue weighted by Gasteiger charge is 2.14. The zero-order valence-corrected chi connectivity index (χ0v) is 10.1. The Labute approximate surface area is 100 Å². The van der Waals surface area contributed by atoms with E-state index in [9.17, 15) is 9.59 Å². The van der Waals surface area contributed by atoms with Gasteiger partial charge in [0.15, 0.2) is 0 Å². The number of cyclic esters (lactones) is 1. The van der Waals surface area contributed by atoms with Crippen LogP contribution in [0.4, 0.5) is 0 Å². The summed E-state index contributed by atoms with van der Waals surface area (Å²) in [6, 6.07) is 0. The van der Waals surface area contributed by atoms with Gasteiger partial charge in [-0.25, -0.2) is 0 Å². The summed E-state index contributed by atoms with van der Waals surface area (Å²) in [5.74, 6) is -0.0966. The minimum absolute atomic E-state index is 0.0563. The highest BCUT2D eigenvalue weighted by molar-refractivity contribution is 5.97. The lowest BCUT2D eigenvalue weighted by Crippen LogP contribution is -2.44. The molecule has 0 aromatic heterocycles. The molecule has 6 nitrogen and oxygen atoms in total. The van der Waals surface area contributed by atoms with E-state index in [1.807, 2.05) is 6.08 Å². The van der Waals surface area contributed by atoms with E-state index >= 15 is 0 Å². The summed E-state index contributed by atoms with van der Waals surface area (Å²) in [5.41, 5.74) is 0. The van der Waals surface area contributed by atoms with Crippen LogP contribution in [0.25, 0.3) is 0 Å². The van der Waals surface area contributed by atoms with E-state index in [0.29, 0.717) is 18.8 Å². The summed E-state index contributed by atoms with van der Waals surface area (Å²) in [7, 11) is 3.23. The van der Waals surface area contributed by atoms with Crippen molar-refractivity contribution in [3.8, 4) is 0 Å². The number of nitrogens with zero attached hydrogens (tertiary/aromatic N) is 2. The van der Waals surface area contributed by atoms with Crippen LogP contribution < -0.4 is 5.32 Å². The number of hydrogen-bond acceptors (Lipinski definition) is 4. The fourth-order valence-corrected chi connectivity index (χ4v) is 1.36. The lowest BCUT2D eigenvalue weighted by atomic mass is 10.3. The number of nitrogens with one attached hydrogen (secondary N) is 1. The molecule has 6 heteroatoms. The van der Waals surface area contributed by atoms with Crippen molar-refractivity contribution in [2.75, 3.05) is 27.2 Å². The van der Waals surface area contributed by atoms with E-state index in [-0.39, 0.29) is 25.0 Å². The highest BCUT2D eigenvalue weighted by Crippen LogP contribution is 1.96. The van der Waals surface area contributed by atoms with Crippen molar-refractivity contribution in [1.82, 2.24) is 10.2 Å². The van der Waals surface area contributed by atoms with Gasteiger partial charge in [-0.1, -0.05) is 12.2 Å². The summed E-state index contributed by atoms with van der Waals surface area (Å²) >= 11 is 0. The Morgan fingerprint density at radius 3 is 2.88 bits per heavy atom. The molecule has 0 aliphatic carbocycles. The average Bonchev–Trinajstić information content (AvgIpc) is 2.28. The molecule has 1 rings (SSSR count). The summed E-state index contributed by atoms with van der Waals surface area (Å²) in [4.78, 5) is 28.4. The molecule has 1 amide bonds. The number of rotatable bonds is 0. The average molecular weight is 239 g/mol. The molecule has 0 radical (unpaired) electrons. The molecule has 0 saturated carbocycles. The molecule has 0 unspecified atom stereocenters. The Balaban J connectivity index is 2.73. The van der Waals surface area contributed by atoms with Crippen molar-refractivity contribution in [2.45, 2.75) is 12.8 Å². The number of hydrogen-bond donors (Lipinski definition) is 1. The first-order valence-electron chi connectivity index (χ1n) is 5.42. The summed E-state index contributed by atoms with van der Waals surface area (Å²) in [6.45, 7) is 0.299. The fourth-order valence-electron chi connectivity index (χ4n) is 1.36. The number of amides is 1. The standard InChI is InChI=1S/C11H17N3O3/c1-12-11-13-9(15)6-4-3-5-7-17-10(16)8-14(11)2/h3,5H,4,6-8H2,1-2H3,(H,12,13,15)/b5-3-. The maximum absolute atomic E-state index is 11.5. The first-order valence-corrected chi connectivity index (χ1v) is 5.42. The number of carbonyl (C=O) groups excluding carboxylic acids is 2. The van der Waals surface area contributed by atoms with Gasteiger partial charge in [0.25, 0.3) is 0 Å². The highest BCUT2D eigenvalue weighted by atomic mass is 16.5. The monoisotopic (exact) mass is 239 g/mol. The van der Waals surface area contributed by atoms with Gasteiger partial charge in [0.05, 0.1) is 0 Å². The molecule has 1 N–H and O–H groups in total. The lowest BCUT2D eigenvalue weighted by Gasteiger charge is -2.20. The molecule has 0 saturated heterocycles. The molecule has 0 aromatic rings. The Hall–Kier alpha value is -1.85. The van der Waals surface area contributed by atoms with Crippen molar-refractivity contribution >= 4 is 17.8 Å². The lowest BCUT2D eigenvalue weighted by molar-refractivity contribution is -0.142. The van der Waals surface area contributed by atoms with Crippen LogP contribution in [0.3, 0.4) is 0 Å². The van der Waals surface area contributed by atoms with E-state index in [2.05, 4.69) is 10.3 Å². The first-order chi connectivity index (χ1) is 8.13. The van der Waals surface area contributed by atoms with Crippen LogP contribution in [0.5, 0.6) is 0 Å². The van der Waals surface area contributed by atoms with Gasteiger partial charge in [-0.15, -0.1) is 0 Å². The van der Waals surface area contributed by atoms with E-state index in [4.69, 9.17) is 4.74 Å². The van der Waals surface area contributed by atoms with Gasteiger partial charge in [-0.05, 0) is 6.42 Å². The van der Waals surface area contributed by atoms with Crippen LogP contribution in [-0.2, 0) is 14.3 Å². The number of ether oxygens (including phenoxy) is 1. The smallest absolute Gasteiger partial charge is 0.325 e.